The van der Waals surface area contributed by atoms with Gasteiger partial charge in [-0.25, -0.2) is 4.98 Å². The number of hydrogen-bond donors (Lipinski definition) is 0. The summed E-state index contributed by atoms with van der Waals surface area (Å²) < 4.78 is 0. The molecule has 1 aromatic rings. The van der Waals surface area contributed by atoms with E-state index in [2.05, 4.69) is 29.1 Å². The van der Waals surface area contributed by atoms with E-state index >= 15 is 0 Å². The second kappa shape index (κ2) is 6.88. The molecule has 0 radical (unpaired) electrons. The van der Waals surface area contributed by atoms with Crippen molar-refractivity contribution >= 4 is 22.9 Å². The molecule has 0 N–H and O–H groups in total. The maximum Gasteiger partial charge on any atom is 0.110 e. The average Bonchev–Trinajstić information content (AvgIpc) is 2.89. The summed E-state index contributed by atoms with van der Waals surface area (Å²) in [7, 11) is 0. The largest absolute Gasteiger partial charge is 0.294 e. The number of hydrogen-bond acceptors (Lipinski definition) is 3. The number of rotatable bonds is 5. The summed E-state index contributed by atoms with van der Waals surface area (Å²) in [6.07, 6.45) is 5.17. The second-order valence-corrected chi connectivity index (χ2v) is 6.28. The van der Waals surface area contributed by atoms with Crippen LogP contribution in [0, 0.1) is 5.92 Å². The molecule has 102 valence electrons. The topological polar surface area (TPSA) is 16.1 Å². The number of nitrogens with zero attached hydrogens (tertiary/aromatic N) is 2. The smallest absolute Gasteiger partial charge is 0.110 e. The highest BCUT2D eigenvalue weighted by Crippen LogP contribution is 2.31. The first-order valence-electron chi connectivity index (χ1n) is 7.02. The lowest BCUT2D eigenvalue weighted by Crippen LogP contribution is -2.36. The molecule has 2 rings (SSSR count). The van der Waals surface area contributed by atoms with Gasteiger partial charge in [0.1, 0.15) is 5.01 Å². The molecule has 1 fully saturated rings. The Hall–Kier alpha value is -0.120. The van der Waals surface area contributed by atoms with Gasteiger partial charge < -0.3 is 0 Å². The third-order valence-corrected chi connectivity index (χ3v) is 5.31. The molecule has 1 saturated heterocycles. The summed E-state index contributed by atoms with van der Waals surface area (Å²) in [5, 5.41) is 3.35. The zero-order valence-corrected chi connectivity index (χ0v) is 12.9. The summed E-state index contributed by atoms with van der Waals surface area (Å²) >= 11 is 7.61. The van der Waals surface area contributed by atoms with Crippen molar-refractivity contribution in [1.29, 1.82) is 0 Å². The van der Waals surface area contributed by atoms with E-state index in [9.17, 15) is 0 Å². The molecule has 1 aliphatic heterocycles. The van der Waals surface area contributed by atoms with Crippen molar-refractivity contribution in [3.8, 4) is 0 Å². The number of alkyl halides is 1. The van der Waals surface area contributed by atoms with Crippen LogP contribution in [0.5, 0.6) is 0 Å². The number of aromatic nitrogens is 1. The van der Waals surface area contributed by atoms with Gasteiger partial charge in [-0.3, -0.25) is 4.90 Å². The lowest BCUT2D eigenvalue weighted by atomic mass is 9.93. The standard InChI is InChI=1S/C14H23ClN2S/c1-3-11-5-7-17(8-6-11)13(4-2)14-16-12(9-15)10-18-14/h10-11,13H,3-9H2,1-2H3. The normalized spacial score (nSPS) is 20.2. The van der Waals surface area contributed by atoms with Crippen molar-refractivity contribution in [1.82, 2.24) is 9.88 Å². The van der Waals surface area contributed by atoms with Crippen LogP contribution in [0.1, 0.15) is 56.3 Å². The first-order chi connectivity index (χ1) is 8.78. The molecule has 2 heterocycles. The van der Waals surface area contributed by atoms with Gasteiger partial charge in [0.05, 0.1) is 17.6 Å². The lowest BCUT2D eigenvalue weighted by molar-refractivity contribution is 0.127. The Labute approximate surface area is 119 Å². The van der Waals surface area contributed by atoms with Crippen LogP contribution in [0.4, 0.5) is 0 Å². The maximum atomic E-state index is 5.84. The number of likely N-dealkylation sites (tertiary alicyclic amines) is 1. The van der Waals surface area contributed by atoms with Gasteiger partial charge >= 0.3 is 0 Å². The summed E-state index contributed by atoms with van der Waals surface area (Å²) in [6, 6.07) is 0.504. The van der Waals surface area contributed by atoms with Gasteiger partial charge in [-0.05, 0) is 38.3 Å². The maximum absolute atomic E-state index is 5.84. The monoisotopic (exact) mass is 286 g/mol. The van der Waals surface area contributed by atoms with Gasteiger partial charge in [-0.2, -0.15) is 0 Å². The van der Waals surface area contributed by atoms with Crippen molar-refractivity contribution in [2.75, 3.05) is 13.1 Å². The summed E-state index contributed by atoms with van der Waals surface area (Å²) in [5.74, 6) is 1.47. The highest BCUT2D eigenvalue weighted by atomic mass is 35.5. The molecule has 1 aliphatic rings. The van der Waals surface area contributed by atoms with Crippen molar-refractivity contribution in [2.24, 2.45) is 5.92 Å². The van der Waals surface area contributed by atoms with E-state index < -0.39 is 0 Å². The van der Waals surface area contributed by atoms with Crippen LogP contribution in [0.15, 0.2) is 5.38 Å². The predicted octanol–water partition coefficient (Wildman–Crippen LogP) is 4.46. The van der Waals surface area contributed by atoms with Gasteiger partial charge in [0.2, 0.25) is 0 Å². The third kappa shape index (κ3) is 3.25. The van der Waals surface area contributed by atoms with E-state index in [0.29, 0.717) is 11.9 Å². The van der Waals surface area contributed by atoms with Crippen LogP contribution in [0.2, 0.25) is 0 Å². The Kier molecular flexibility index (Phi) is 5.46. The van der Waals surface area contributed by atoms with Crippen LogP contribution in [0.3, 0.4) is 0 Å². The van der Waals surface area contributed by atoms with Crippen molar-refractivity contribution in [3.63, 3.8) is 0 Å². The minimum Gasteiger partial charge on any atom is -0.294 e. The molecular weight excluding hydrogens is 264 g/mol. The average molecular weight is 287 g/mol. The van der Waals surface area contributed by atoms with Crippen LogP contribution in [0.25, 0.3) is 0 Å². The first kappa shape index (κ1) is 14.3. The number of thiazole rings is 1. The van der Waals surface area contributed by atoms with Gasteiger partial charge in [-0.15, -0.1) is 22.9 Å². The minimum absolute atomic E-state index is 0.504. The molecule has 0 aromatic carbocycles. The molecule has 0 aliphatic carbocycles. The molecule has 4 heteroatoms. The van der Waals surface area contributed by atoms with Crippen molar-refractivity contribution in [3.05, 3.63) is 16.1 Å². The first-order valence-corrected chi connectivity index (χ1v) is 8.44. The lowest BCUT2D eigenvalue weighted by Gasteiger charge is -2.36. The van der Waals surface area contributed by atoms with Crippen LogP contribution >= 0.6 is 22.9 Å². The quantitative estimate of drug-likeness (QED) is 0.743. The minimum atomic E-state index is 0.504. The van der Waals surface area contributed by atoms with Crippen LogP contribution < -0.4 is 0 Å². The van der Waals surface area contributed by atoms with Crippen molar-refractivity contribution < 1.29 is 0 Å². The Bertz CT molecular complexity index is 358. The van der Waals surface area contributed by atoms with Gasteiger partial charge in [0.25, 0.3) is 0 Å². The fourth-order valence-corrected chi connectivity index (χ4v) is 4.06. The zero-order valence-electron chi connectivity index (χ0n) is 11.4. The summed E-state index contributed by atoms with van der Waals surface area (Å²) in [6.45, 7) is 7.03. The zero-order chi connectivity index (χ0) is 13.0. The van der Waals surface area contributed by atoms with E-state index in [-0.39, 0.29) is 0 Å². The molecule has 0 bridgehead atoms. The third-order valence-electron chi connectivity index (χ3n) is 4.05. The SMILES string of the molecule is CCC1CCN(C(CC)c2nc(CCl)cs2)CC1. The van der Waals surface area contributed by atoms with E-state index in [1.165, 1.54) is 37.4 Å². The highest BCUT2D eigenvalue weighted by molar-refractivity contribution is 7.09. The van der Waals surface area contributed by atoms with E-state index in [0.717, 1.165) is 18.0 Å². The molecule has 1 unspecified atom stereocenters. The molecule has 1 atom stereocenters. The molecule has 0 spiro atoms. The molecule has 0 amide bonds. The van der Waals surface area contributed by atoms with Gasteiger partial charge in [0, 0.05) is 5.38 Å². The van der Waals surface area contributed by atoms with E-state index in [1.54, 1.807) is 11.3 Å². The molecular formula is C14H23ClN2S. The Morgan fingerprint density at radius 2 is 2.17 bits per heavy atom. The van der Waals surface area contributed by atoms with Crippen molar-refractivity contribution in [2.45, 2.75) is 51.5 Å². The Morgan fingerprint density at radius 1 is 1.44 bits per heavy atom. The Morgan fingerprint density at radius 3 is 2.67 bits per heavy atom. The van der Waals surface area contributed by atoms with Crippen LogP contribution in [-0.2, 0) is 5.88 Å². The summed E-state index contributed by atoms with van der Waals surface area (Å²) in [4.78, 5) is 7.27. The Balaban J connectivity index is 2.00. The van der Waals surface area contributed by atoms with Gasteiger partial charge in [-0.1, -0.05) is 20.3 Å². The molecule has 1 aromatic heterocycles. The molecule has 2 nitrogen and oxygen atoms in total. The number of piperidine rings is 1. The van der Waals surface area contributed by atoms with Gasteiger partial charge in [0.15, 0.2) is 0 Å². The van der Waals surface area contributed by atoms with E-state index in [1.807, 2.05) is 0 Å². The second-order valence-electron chi connectivity index (χ2n) is 5.12. The summed E-state index contributed by atoms with van der Waals surface area (Å²) in [5.41, 5.74) is 1.03. The van der Waals surface area contributed by atoms with Crippen LogP contribution in [-0.4, -0.2) is 23.0 Å². The van der Waals surface area contributed by atoms with E-state index in [4.69, 9.17) is 11.6 Å². The highest BCUT2D eigenvalue weighted by Gasteiger charge is 2.26. The fourth-order valence-electron chi connectivity index (χ4n) is 2.80. The number of halogens is 1. The fraction of sp³-hybridized carbons (Fsp3) is 0.786. The predicted molar refractivity (Wildman–Crippen MR) is 79.3 cm³/mol. The molecule has 0 saturated carbocycles. The molecule has 18 heavy (non-hydrogen) atoms.